The summed E-state index contributed by atoms with van der Waals surface area (Å²) in [4.78, 5) is 24.0. The van der Waals surface area contributed by atoms with Gasteiger partial charge in [-0.25, -0.2) is 0 Å². The van der Waals surface area contributed by atoms with Gasteiger partial charge in [0.25, 0.3) is 11.8 Å². The Hall–Kier alpha value is -1.89. The molecule has 102 valence electrons. The quantitative estimate of drug-likeness (QED) is 0.851. The zero-order valence-electron chi connectivity index (χ0n) is 9.65. The van der Waals surface area contributed by atoms with Crippen molar-refractivity contribution in [3.8, 4) is 0 Å². The molecule has 1 atom stereocenters. The van der Waals surface area contributed by atoms with Gasteiger partial charge < -0.3 is 5.11 Å². The second kappa shape index (κ2) is 4.65. The molecule has 1 aliphatic heterocycles. The third-order valence-electron chi connectivity index (χ3n) is 2.92. The number of imide groups is 1. The van der Waals surface area contributed by atoms with E-state index in [9.17, 15) is 22.8 Å². The van der Waals surface area contributed by atoms with Crippen LogP contribution in [0.1, 0.15) is 27.1 Å². The molecule has 2 rings (SSSR count). The summed E-state index contributed by atoms with van der Waals surface area (Å²) in [7, 11) is 0. The molecule has 4 nitrogen and oxygen atoms in total. The lowest BCUT2D eigenvalue weighted by Crippen LogP contribution is -2.49. The number of carbonyl (C=O) groups is 2. The Bertz CT molecular complexity index is 492. The van der Waals surface area contributed by atoms with Crippen molar-refractivity contribution in [3.63, 3.8) is 0 Å². The Morgan fingerprint density at radius 1 is 1.11 bits per heavy atom. The van der Waals surface area contributed by atoms with Gasteiger partial charge in [0.2, 0.25) is 0 Å². The molecule has 0 bridgehead atoms. The van der Waals surface area contributed by atoms with E-state index in [4.69, 9.17) is 5.11 Å². The van der Waals surface area contributed by atoms with Crippen molar-refractivity contribution in [2.45, 2.75) is 18.6 Å². The number of carbonyl (C=O) groups excluding carboxylic acids is 2. The van der Waals surface area contributed by atoms with Crippen molar-refractivity contribution in [1.82, 2.24) is 4.90 Å². The lowest BCUT2D eigenvalue weighted by molar-refractivity contribution is -0.174. The summed E-state index contributed by atoms with van der Waals surface area (Å²) in [5.41, 5.74) is -0.0839. The normalized spacial score (nSPS) is 16.7. The number of benzene rings is 1. The van der Waals surface area contributed by atoms with Crippen LogP contribution < -0.4 is 0 Å². The fourth-order valence-corrected chi connectivity index (χ4v) is 2.05. The minimum Gasteiger partial charge on any atom is -0.396 e. The first-order chi connectivity index (χ1) is 8.88. The van der Waals surface area contributed by atoms with Gasteiger partial charge in [-0.1, -0.05) is 12.1 Å². The summed E-state index contributed by atoms with van der Waals surface area (Å²) in [5, 5.41) is 8.70. The van der Waals surface area contributed by atoms with Crippen molar-refractivity contribution < 1.29 is 27.9 Å². The number of aliphatic hydroxyl groups is 1. The first-order valence-electron chi connectivity index (χ1n) is 5.52. The maximum Gasteiger partial charge on any atom is 0.409 e. The van der Waals surface area contributed by atoms with Gasteiger partial charge in [0, 0.05) is 13.0 Å². The SMILES string of the molecule is O=C1c2ccccc2C(=O)N1C(CCO)C(F)(F)F. The van der Waals surface area contributed by atoms with E-state index in [2.05, 4.69) is 0 Å². The lowest BCUT2D eigenvalue weighted by Gasteiger charge is -2.27. The van der Waals surface area contributed by atoms with Crippen LogP contribution in [0.25, 0.3) is 0 Å². The molecule has 0 saturated carbocycles. The number of aliphatic hydroxyl groups excluding tert-OH is 1. The number of rotatable bonds is 3. The number of hydrogen-bond acceptors (Lipinski definition) is 3. The lowest BCUT2D eigenvalue weighted by atomic mass is 10.1. The molecule has 19 heavy (non-hydrogen) atoms. The van der Waals surface area contributed by atoms with Gasteiger partial charge >= 0.3 is 6.18 Å². The van der Waals surface area contributed by atoms with Crippen LogP contribution in [-0.2, 0) is 0 Å². The molecule has 0 aromatic heterocycles. The highest BCUT2D eigenvalue weighted by atomic mass is 19.4. The molecule has 0 spiro atoms. The Balaban J connectivity index is 2.42. The van der Waals surface area contributed by atoms with E-state index in [0.717, 1.165) is 0 Å². The molecule has 0 radical (unpaired) electrons. The van der Waals surface area contributed by atoms with E-state index in [1.54, 1.807) is 0 Å². The number of fused-ring (bicyclic) bond motifs is 1. The Morgan fingerprint density at radius 2 is 1.58 bits per heavy atom. The fraction of sp³-hybridized carbons (Fsp3) is 0.333. The van der Waals surface area contributed by atoms with Crippen LogP contribution in [0.15, 0.2) is 24.3 Å². The Morgan fingerprint density at radius 3 is 1.95 bits per heavy atom. The first-order valence-corrected chi connectivity index (χ1v) is 5.52. The van der Waals surface area contributed by atoms with E-state index in [1.807, 2.05) is 0 Å². The molecule has 7 heteroatoms. The van der Waals surface area contributed by atoms with E-state index in [1.165, 1.54) is 24.3 Å². The first kappa shape index (κ1) is 13.5. The van der Waals surface area contributed by atoms with Crippen LogP contribution in [0, 0.1) is 0 Å². The summed E-state index contributed by atoms with van der Waals surface area (Å²) in [5.74, 6) is -1.95. The van der Waals surface area contributed by atoms with Crippen LogP contribution in [-0.4, -0.2) is 40.6 Å². The second-order valence-corrected chi connectivity index (χ2v) is 4.10. The fourth-order valence-electron chi connectivity index (χ4n) is 2.05. The number of hydrogen-bond donors (Lipinski definition) is 1. The van der Waals surface area contributed by atoms with E-state index < -0.39 is 37.1 Å². The topological polar surface area (TPSA) is 57.6 Å². The van der Waals surface area contributed by atoms with Crippen LogP contribution >= 0.6 is 0 Å². The van der Waals surface area contributed by atoms with Crippen molar-refractivity contribution in [2.24, 2.45) is 0 Å². The second-order valence-electron chi connectivity index (χ2n) is 4.10. The van der Waals surface area contributed by atoms with Gasteiger partial charge in [-0.05, 0) is 12.1 Å². The van der Waals surface area contributed by atoms with Gasteiger partial charge in [0.15, 0.2) is 0 Å². The van der Waals surface area contributed by atoms with Crippen LogP contribution in [0.5, 0.6) is 0 Å². The average Bonchev–Trinajstić information content (AvgIpc) is 2.59. The Labute approximate surface area is 106 Å². The maximum absolute atomic E-state index is 12.9. The standard InChI is InChI=1S/C12H10F3NO3/c13-12(14,15)9(5-6-17)16-10(18)7-3-1-2-4-8(7)11(16)19/h1-4,9,17H,5-6H2. The van der Waals surface area contributed by atoms with E-state index >= 15 is 0 Å². The molecular weight excluding hydrogens is 263 g/mol. The Kier molecular flexibility index (Phi) is 3.32. The minimum absolute atomic E-state index is 0.0420. The van der Waals surface area contributed by atoms with Gasteiger partial charge in [0.1, 0.15) is 6.04 Å². The molecule has 1 aromatic carbocycles. The van der Waals surface area contributed by atoms with Crippen molar-refractivity contribution in [3.05, 3.63) is 35.4 Å². The third-order valence-corrected chi connectivity index (χ3v) is 2.92. The monoisotopic (exact) mass is 273 g/mol. The van der Waals surface area contributed by atoms with Crippen LogP contribution in [0.2, 0.25) is 0 Å². The molecule has 1 aromatic rings. The number of alkyl halides is 3. The number of halogens is 3. The summed E-state index contributed by atoms with van der Waals surface area (Å²) in [6, 6.07) is 3.26. The third kappa shape index (κ3) is 2.21. The highest BCUT2D eigenvalue weighted by Gasteiger charge is 2.51. The molecule has 1 unspecified atom stereocenters. The molecule has 1 aliphatic rings. The van der Waals surface area contributed by atoms with Gasteiger partial charge in [0.05, 0.1) is 11.1 Å². The molecular formula is C12H10F3NO3. The summed E-state index contributed by atoms with van der Waals surface area (Å²) in [6.45, 7) is -0.766. The zero-order valence-corrected chi connectivity index (χ0v) is 9.65. The predicted molar refractivity (Wildman–Crippen MR) is 58.5 cm³/mol. The number of amides is 2. The average molecular weight is 273 g/mol. The molecule has 0 aliphatic carbocycles. The summed E-state index contributed by atoms with van der Waals surface area (Å²) < 4.78 is 38.6. The predicted octanol–water partition coefficient (Wildman–Crippen LogP) is 1.60. The molecule has 1 heterocycles. The molecule has 0 saturated heterocycles. The smallest absolute Gasteiger partial charge is 0.396 e. The highest BCUT2D eigenvalue weighted by Crippen LogP contribution is 2.33. The summed E-state index contributed by atoms with van der Waals surface area (Å²) in [6.07, 6.45) is -5.49. The van der Waals surface area contributed by atoms with Crippen LogP contribution in [0.3, 0.4) is 0 Å². The summed E-state index contributed by atoms with van der Waals surface area (Å²) >= 11 is 0. The largest absolute Gasteiger partial charge is 0.409 e. The molecule has 0 fully saturated rings. The van der Waals surface area contributed by atoms with Crippen molar-refractivity contribution >= 4 is 11.8 Å². The van der Waals surface area contributed by atoms with Crippen molar-refractivity contribution in [1.29, 1.82) is 0 Å². The molecule has 2 amide bonds. The zero-order chi connectivity index (χ0) is 14.2. The highest BCUT2D eigenvalue weighted by molar-refractivity contribution is 6.21. The van der Waals surface area contributed by atoms with Crippen LogP contribution in [0.4, 0.5) is 13.2 Å². The van der Waals surface area contributed by atoms with E-state index in [-0.39, 0.29) is 16.0 Å². The van der Waals surface area contributed by atoms with Gasteiger partial charge in [-0.2, -0.15) is 13.2 Å². The van der Waals surface area contributed by atoms with Gasteiger partial charge in [-0.3, -0.25) is 14.5 Å². The maximum atomic E-state index is 12.9. The van der Waals surface area contributed by atoms with Crippen molar-refractivity contribution in [2.75, 3.05) is 6.61 Å². The molecule has 1 N–H and O–H groups in total. The number of nitrogens with zero attached hydrogens (tertiary/aromatic N) is 1. The minimum atomic E-state index is -4.77. The van der Waals surface area contributed by atoms with E-state index in [0.29, 0.717) is 0 Å². The van der Waals surface area contributed by atoms with Gasteiger partial charge in [-0.15, -0.1) is 0 Å².